The Kier molecular flexibility index (Phi) is 6.37. The second-order valence-corrected chi connectivity index (χ2v) is 4.72. The van der Waals surface area contributed by atoms with Crippen LogP contribution in [0.4, 0.5) is 5.69 Å². The third-order valence-corrected chi connectivity index (χ3v) is 3.09. The van der Waals surface area contributed by atoms with Crippen molar-refractivity contribution in [3.05, 3.63) is 29.8 Å². The third kappa shape index (κ3) is 5.24. The lowest BCUT2D eigenvalue weighted by Gasteiger charge is -2.23. The summed E-state index contributed by atoms with van der Waals surface area (Å²) in [5, 5.41) is 14.2. The van der Waals surface area contributed by atoms with Crippen LogP contribution in [0.25, 0.3) is 0 Å². The molecular weight excluding hydrogens is 268 g/mol. The molecule has 0 saturated carbocycles. The van der Waals surface area contributed by atoms with Gasteiger partial charge in [-0.05, 0) is 45.2 Å². The predicted molar refractivity (Wildman–Crippen MR) is 80.6 cm³/mol. The molecule has 1 unspecified atom stereocenters. The Balaban J connectivity index is 2.57. The molecule has 112 valence electrons. The van der Waals surface area contributed by atoms with E-state index in [2.05, 4.69) is 10.6 Å². The summed E-state index contributed by atoms with van der Waals surface area (Å²) in [6.45, 7) is 4.31. The summed E-state index contributed by atoms with van der Waals surface area (Å²) in [7, 11) is 1.72. The molecule has 2 amide bonds. The van der Waals surface area contributed by atoms with Gasteiger partial charge in [0, 0.05) is 12.2 Å². The molecule has 1 rings (SSSR count). The monoisotopic (exact) mass is 288 g/mol. The van der Waals surface area contributed by atoms with Crippen LogP contribution in [0, 0.1) is 11.3 Å². The van der Waals surface area contributed by atoms with Crippen LogP contribution in [0.3, 0.4) is 0 Å². The lowest BCUT2D eigenvalue weighted by molar-refractivity contribution is -0.124. The quantitative estimate of drug-likeness (QED) is 0.816. The van der Waals surface area contributed by atoms with Crippen LogP contribution in [-0.2, 0) is 9.59 Å². The van der Waals surface area contributed by atoms with Gasteiger partial charge in [0.2, 0.25) is 11.8 Å². The van der Waals surface area contributed by atoms with Crippen molar-refractivity contribution in [3.63, 3.8) is 0 Å². The molecule has 1 atom stereocenters. The van der Waals surface area contributed by atoms with Crippen molar-refractivity contribution in [3.8, 4) is 6.07 Å². The van der Waals surface area contributed by atoms with Crippen molar-refractivity contribution in [1.82, 2.24) is 10.2 Å². The van der Waals surface area contributed by atoms with Gasteiger partial charge in [0.05, 0.1) is 24.2 Å². The van der Waals surface area contributed by atoms with Crippen LogP contribution in [0.1, 0.15) is 19.4 Å². The van der Waals surface area contributed by atoms with Crippen LogP contribution in [0.5, 0.6) is 0 Å². The van der Waals surface area contributed by atoms with E-state index in [1.54, 1.807) is 43.1 Å². The first-order valence-electron chi connectivity index (χ1n) is 6.76. The molecule has 0 aromatic heterocycles. The number of rotatable bonds is 6. The normalized spacial score (nSPS) is 11.6. The highest BCUT2D eigenvalue weighted by atomic mass is 16.2. The van der Waals surface area contributed by atoms with Gasteiger partial charge in [-0.1, -0.05) is 0 Å². The molecule has 2 N–H and O–H groups in total. The topological polar surface area (TPSA) is 85.2 Å². The molecular formula is C15H20N4O2. The number of nitriles is 1. The molecule has 0 aliphatic heterocycles. The average Bonchev–Trinajstić information content (AvgIpc) is 2.47. The molecule has 6 nitrogen and oxygen atoms in total. The smallest absolute Gasteiger partial charge is 0.241 e. The highest BCUT2D eigenvalue weighted by Gasteiger charge is 2.19. The van der Waals surface area contributed by atoms with Gasteiger partial charge in [0.25, 0.3) is 0 Å². The molecule has 0 spiro atoms. The van der Waals surface area contributed by atoms with Gasteiger partial charge in [-0.25, -0.2) is 0 Å². The average molecular weight is 288 g/mol. The van der Waals surface area contributed by atoms with Gasteiger partial charge in [0.15, 0.2) is 0 Å². The van der Waals surface area contributed by atoms with Crippen molar-refractivity contribution in [2.24, 2.45) is 0 Å². The maximum absolute atomic E-state index is 12.1. The van der Waals surface area contributed by atoms with E-state index < -0.39 is 6.04 Å². The van der Waals surface area contributed by atoms with Crippen molar-refractivity contribution in [2.45, 2.75) is 19.9 Å². The van der Waals surface area contributed by atoms with E-state index in [9.17, 15) is 9.59 Å². The predicted octanol–water partition coefficient (Wildman–Crippen LogP) is 0.953. The van der Waals surface area contributed by atoms with Crippen LogP contribution in [-0.4, -0.2) is 42.9 Å². The second-order valence-electron chi connectivity index (χ2n) is 4.72. The standard InChI is InChI=1S/C15H20N4O2/c1-4-17-14(20)10-19(3)11(2)15(21)18-13-7-5-12(9-16)6-8-13/h5-8,11H,4,10H2,1-3H3,(H,17,20)(H,18,21). The van der Waals surface area contributed by atoms with E-state index >= 15 is 0 Å². The number of nitrogens with one attached hydrogen (secondary N) is 2. The molecule has 6 heteroatoms. The van der Waals surface area contributed by atoms with Crippen molar-refractivity contribution >= 4 is 17.5 Å². The Labute approximate surface area is 124 Å². The summed E-state index contributed by atoms with van der Waals surface area (Å²) >= 11 is 0. The summed E-state index contributed by atoms with van der Waals surface area (Å²) in [6.07, 6.45) is 0. The van der Waals surface area contributed by atoms with Crippen LogP contribution >= 0.6 is 0 Å². The maximum atomic E-state index is 12.1. The minimum absolute atomic E-state index is 0.113. The molecule has 0 aliphatic carbocycles. The largest absolute Gasteiger partial charge is 0.355 e. The maximum Gasteiger partial charge on any atom is 0.241 e. The molecule has 1 aromatic rings. The van der Waals surface area contributed by atoms with E-state index in [0.29, 0.717) is 17.8 Å². The number of hydrogen-bond donors (Lipinski definition) is 2. The lowest BCUT2D eigenvalue weighted by Crippen LogP contribution is -2.44. The zero-order chi connectivity index (χ0) is 15.8. The van der Waals surface area contributed by atoms with Gasteiger partial charge in [-0.2, -0.15) is 5.26 Å². The van der Waals surface area contributed by atoms with E-state index in [1.807, 2.05) is 13.0 Å². The van der Waals surface area contributed by atoms with Gasteiger partial charge in [0.1, 0.15) is 0 Å². The molecule has 1 aromatic carbocycles. The molecule has 0 aliphatic rings. The first-order valence-corrected chi connectivity index (χ1v) is 6.76. The zero-order valence-electron chi connectivity index (χ0n) is 12.5. The van der Waals surface area contributed by atoms with Crippen LogP contribution < -0.4 is 10.6 Å². The van der Waals surface area contributed by atoms with Crippen LogP contribution in [0.2, 0.25) is 0 Å². The SMILES string of the molecule is CCNC(=O)CN(C)C(C)C(=O)Nc1ccc(C#N)cc1. The summed E-state index contributed by atoms with van der Waals surface area (Å²) in [4.78, 5) is 25.3. The number of anilines is 1. The Morgan fingerprint density at radius 3 is 2.48 bits per heavy atom. The highest BCUT2D eigenvalue weighted by molar-refractivity contribution is 5.94. The summed E-state index contributed by atoms with van der Waals surface area (Å²) in [6, 6.07) is 8.20. The summed E-state index contributed by atoms with van der Waals surface area (Å²) < 4.78 is 0. The minimum Gasteiger partial charge on any atom is -0.355 e. The zero-order valence-corrected chi connectivity index (χ0v) is 12.5. The van der Waals surface area contributed by atoms with Crippen molar-refractivity contribution in [1.29, 1.82) is 5.26 Å². The number of likely N-dealkylation sites (N-methyl/N-ethyl adjacent to an activating group) is 2. The second kappa shape index (κ2) is 8.02. The van der Waals surface area contributed by atoms with Gasteiger partial charge < -0.3 is 10.6 Å². The highest BCUT2D eigenvalue weighted by Crippen LogP contribution is 2.10. The lowest BCUT2D eigenvalue weighted by atomic mass is 10.2. The van der Waals surface area contributed by atoms with Gasteiger partial charge >= 0.3 is 0 Å². The molecule has 0 radical (unpaired) electrons. The first kappa shape index (κ1) is 16.7. The summed E-state index contributed by atoms with van der Waals surface area (Å²) in [5.74, 6) is -0.315. The fourth-order valence-electron chi connectivity index (χ4n) is 1.69. The van der Waals surface area contributed by atoms with E-state index in [-0.39, 0.29) is 18.4 Å². The number of carbonyl (C=O) groups is 2. The summed E-state index contributed by atoms with van der Waals surface area (Å²) in [5.41, 5.74) is 1.16. The fourth-order valence-corrected chi connectivity index (χ4v) is 1.69. The minimum atomic E-state index is -0.441. The van der Waals surface area contributed by atoms with Crippen molar-refractivity contribution < 1.29 is 9.59 Å². The Bertz CT molecular complexity index is 534. The molecule has 0 bridgehead atoms. The van der Waals surface area contributed by atoms with Crippen molar-refractivity contribution in [2.75, 3.05) is 25.5 Å². The third-order valence-electron chi connectivity index (χ3n) is 3.09. The van der Waals surface area contributed by atoms with Gasteiger partial charge in [-0.3, -0.25) is 14.5 Å². The number of carbonyl (C=O) groups excluding carboxylic acids is 2. The number of amides is 2. The number of hydrogen-bond acceptors (Lipinski definition) is 4. The Hall–Kier alpha value is -2.39. The van der Waals surface area contributed by atoms with E-state index in [4.69, 9.17) is 5.26 Å². The fraction of sp³-hybridized carbons (Fsp3) is 0.400. The molecule has 0 saturated heterocycles. The van der Waals surface area contributed by atoms with E-state index in [1.165, 1.54) is 0 Å². The Morgan fingerprint density at radius 1 is 1.33 bits per heavy atom. The van der Waals surface area contributed by atoms with E-state index in [0.717, 1.165) is 0 Å². The molecule has 0 fully saturated rings. The molecule has 0 heterocycles. The number of nitrogens with zero attached hydrogens (tertiary/aromatic N) is 2. The molecule has 21 heavy (non-hydrogen) atoms. The van der Waals surface area contributed by atoms with Gasteiger partial charge in [-0.15, -0.1) is 0 Å². The first-order chi connectivity index (χ1) is 9.97. The Morgan fingerprint density at radius 2 is 1.95 bits per heavy atom. The van der Waals surface area contributed by atoms with Crippen LogP contribution in [0.15, 0.2) is 24.3 Å². The number of benzene rings is 1.